The minimum atomic E-state index is -2.24. The van der Waals surface area contributed by atoms with Crippen LogP contribution in [-0.4, -0.2) is 57.0 Å². The quantitative estimate of drug-likeness (QED) is 0.646. The first-order valence-corrected chi connectivity index (χ1v) is 10.2. The molecule has 4 aliphatic carbocycles. The van der Waals surface area contributed by atoms with Gasteiger partial charge < -0.3 is 15.3 Å². The lowest BCUT2D eigenvalue weighted by atomic mass is 9.44. The van der Waals surface area contributed by atoms with Gasteiger partial charge in [0.25, 0.3) is 0 Å². The van der Waals surface area contributed by atoms with Crippen molar-refractivity contribution in [2.75, 3.05) is 6.61 Å². The van der Waals surface area contributed by atoms with Crippen LogP contribution in [0.15, 0.2) is 23.8 Å². The second-order valence-electron chi connectivity index (χ2n) is 9.84. The fraction of sp³-hybridized carbons (Fsp3) is 0.727. The van der Waals surface area contributed by atoms with Gasteiger partial charge >= 0.3 is 0 Å². The molecule has 4 rings (SSSR count). The molecule has 4 aliphatic rings. The summed E-state index contributed by atoms with van der Waals surface area (Å²) in [5.74, 6) is -3.24. The molecule has 0 aromatic rings. The molecule has 0 unspecified atom stereocenters. The third kappa shape index (κ3) is 2.19. The Morgan fingerprint density at radius 2 is 1.93 bits per heavy atom. The molecule has 7 heteroatoms. The summed E-state index contributed by atoms with van der Waals surface area (Å²) < 4.78 is 32.1. The Kier molecular flexibility index (Phi) is 4.34. The second-order valence-corrected chi connectivity index (χ2v) is 9.84. The molecule has 0 amide bonds. The smallest absolute Gasteiger partial charge is 0.190 e. The van der Waals surface area contributed by atoms with Gasteiger partial charge in [-0.3, -0.25) is 9.59 Å². The highest BCUT2D eigenvalue weighted by Gasteiger charge is 2.76. The highest BCUT2D eigenvalue weighted by atomic mass is 19.1. The number of rotatable bonds is 2. The number of fused-ring (bicyclic) bond motifs is 5. The number of halogens is 2. The van der Waals surface area contributed by atoms with Gasteiger partial charge in [0.1, 0.15) is 18.4 Å². The molecule has 5 nitrogen and oxygen atoms in total. The molecular weight excluding hydrogens is 382 g/mol. The van der Waals surface area contributed by atoms with Crippen LogP contribution in [0, 0.1) is 28.6 Å². The van der Waals surface area contributed by atoms with Crippen molar-refractivity contribution in [3.05, 3.63) is 23.8 Å². The molecule has 0 spiro atoms. The highest BCUT2D eigenvalue weighted by molar-refractivity contribution is 6.01. The van der Waals surface area contributed by atoms with Crippen LogP contribution in [0.4, 0.5) is 8.78 Å². The number of alkyl halides is 2. The summed E-state index contributed by atoms with van der Waals surface area (Å²) in [6.07, 6.45) is 0.427. The Labute approximate surface area is 168 Å². The molecule has 0 aromatic heterocycles. The third-order valence-electron chi connectivity index (χ3n) is 8.78. The molecule has 29 heavy (non-hydrogen) atoms. The molecule has 0 radical (unpaired) electrons. The molecule has 9 atom stereocenters. The number of carbonyl (C=O) groups excluding carboxylic acids is 2. The van der Waals surface area contributed by atoms with Gasteiger partial charge in [0.05, 0.1) is 6.10 Å². The van der Waals surface area contributed by atoms with Gasteiger partial charge in [-0.05, 0) is 55.7 Å². The zero-order valence-electron chi connectivity index (χ0n) is 16.9. The summed E-state index contributed by atoms with van der Waals surface area (Å²) in [5.41, 5.74) is -6.81. The number of ketones is 2. The molecular formula is C22H28F2O5. The zero-order valence-corrected chi connectivity index (χ0v) is 16.9. The van der Waals surface area contributed by atoms with Crippen molar-refractivity contribution in [1.82, 2.24) is 0 Å². The van der Waals surface area contributed by atoms with E-state index in [0.29, 0.717) is 0 Å². The largest absolute Gasteiger partial charge is 0.390 e. The van der Waals surface area contributed by atoms with E-state index in [0.717, 1.165) is 6.08 Å². The molecule has 0 saturated heterocycles. The van der Waals surface area contributed by atoms with E-state index in [2.05, 4.69) is 0 Å². The summed E-state index contributed by atoms with van der Waals surface area (Å²) in [6.45, 7) is 3.96. The SMILES string of the molecule is C[C@@H]1C[C@H]2[C@@H]3C[C@@H](F)C4=CC(=O)C=C[C@]4(C)[C@@]3(F)[C@H](O)C[C@]2(C)[C@]1(O)C(=O)CO. The van der Waals surface area contributed by atoms with Crippen LogP contribution < -0.4 is 0 Å². The van der Waals surface area contributed by atoms with Crippen molar-refractivity contribution in [2.45, 2.75) is 63.6 Å². The van der Waals surface area contributed by atoms with Crippen LogP contribution in [0.5, 0.6) is 0 Å². The molecule has 0 bridgehead atoms. The Balaban J connectivity index is 1.87. The maximum Gasteiger partial charge on any atom is 0.190 e. The van der Waals surface area contributed by atoms with Gasteiger partial charge in [-0.2, -0.15) is 0 Å². The van der Waals surface area contributed by atoms with Crippen LogP contribution in [0.1, 0.15) is 40.0 Å². The number of hydrogen-bond acceptors (Lipinski definition) is 5. The molecule has 0 aromatic carbocycles. The van der Waals surface area contributed by atoms with E-state index in [9.17, 15) is 24.9 Å². The van der Waals surface area contributed by atoms with Crippen molar-refractivity contribution in [1.29, 1.82) is 0 Å². The number of carbonyl (C=O) groups is 2. The van der Waals surface area contributed by atoms with Gasteiger partial charge in [0, 0.05) is 16.7 Å². The molecule has 160 valence electrons. The second kappa shape index (κ2) is 6.05. The summed E-state index contributed by atoms with van der Waals surface area (Å²) in [7, 11) is 0. The summed E-state index contributed by atoms with van der Waals surface area (Å²) in [4.78, 5) is 24.3. The van der Waals surface area contributed by atoms with Gasteiger partial charge in [0.15, 0.2) is 17.2 Å². The average molecular weight is 410 g/mol. The van der Waals surface area contributed by atoms with Crippen molar-refractivity contribution in [3.63, 3.8) is 0 Å². The normalized spacial score (nSPS) is 53.7. The Hall–Kier alpha value is -1.44. The van der Waals surface area contributed by atoms with Crippen LogP contribution in [0.3, 0.4) is 0 Å². The van der Waals surface area contributed by atoms with Crippen LogP contribution in [-0.2, 0) is 9.59 Å². The zero-order chi connectivity index (χ0) is 21.6. The van der Waals surface area contributed by atoms with E-state index in [1.165, 1.54) is 19.1 Å². The van der Waals surface area contributed by atoms with Crippen molar-refractivity contribution >= 4 is 11.6 Å². The standard InChI is InChI=1S/C22H28F2O5/c1-11-6-13-14-8-16(23)15-7-12(26)4-5-19(15,2)21(14,24)17(27)9-20(13,3)22(11,29)18(28)10-25/h4-5,7,11,13-14,16-17,25,27,29H,6,8-10H2,1-3H3/t11-,13+,14+,16-,17-,19+,20+,21+,22-/m1/s1. The average Bonchev–Trinajstić information content (AvgIpc) is 2.86. The lowest BCUT2D eigenvalue weighted by molar-refractivity contribution is -0.223. The molecule has 3 saturated carbocycles. The predicted octanol–water partition coefficient (Wildman–Crippen LogP) is 1.84. The van der Waals surface area contributed by atoms with Crippen molar-refractivity contribution < 1.29 is 33.7 Å². The molecule has 0 aliphatic heterocycles. The lowest BCUT2D eigenvalue weighted by Crippen LogP contribution is -2.70. The van der Waals surface area contributed by atoms with Crippen LogP contribution in [0.25, 0.3) is 0 Å². The lowest BCUT2D eigenvalue weighted by Gasteiger charge is -2.63. The topological polar surface area (TPSA) is 94.8 Å². The fourth-order valence-corrected chi connectivity index (χ4v) is 7.25. The Morgan fingerprint density at radius 3 is 2.55 bits per heavy atom. The first kappa shape index (κ1) is 20.8. The number of aliphatic hydroxyl groups is 3. The predicted molar refractivity (Wildman–Crippen MR) is 100 cm³/mol. The van der Waals surface area contributed by atoms with E-state index >= 15 is 8.78 Å². The van der Waals surface area contributed by atoms with E-state index in [1.54, 1.807) is 13.8 Å². The van der Waals surface area contributed by atoms with E-state index < -0.39 is 70.3 Å². The number of Topliss-reactive ketones (excluding diaryl/α,β-unsaturated/α-hetero) is 1. The number of allylic oxidation sites excluding steroid dienone is 4. The van der Waals surface area contributed by atoms with Crippen LogP contribution in [0.2, 0.25) is 0 Å². The molecule has 0 heterocycles. The Morgan fingerprint density at radius 1 is 1.28 bits per heavy atom. The van der Waals surface area contributed by atoms with Gasteiger partial charge in [-0.25, -0.2) is 8.78 Å². The first-order valence-electron chi connectivity index (χ1n) is 10.2. The van der Waals surface area contributed by atoms with E-state index in [4.69, 9.17) is 0 Å². The maximum atomic E-state index is 16.9. The molecule has 3 fully saturated rings. The molecule has 3 N–H and O–H groups in total. The minimum absolute atomic E-state index is 0.0409. The highest BCUT2D eigenvalue weighted by Crippen LogP contribution is 2.70. The van der Waals surface area contributed by atoms with Crippen molar-refractivity contribution in [2.24, 2.45) is 28.6 Å². The van der Waals surface area contributed by atoms with Gasteiger partial charge in [-0.15, -0.1) is 0 Å². The monoisotopic (exact) mass is 410 g/mol. The maximum absolute atomic E-state index is 16.9. The van der Waals surface area contributed by atoms with Gasteiger partial charge in [0.2, 0.25) is 0 Å². The van der Waals surface area contributed by atoms with E-state index in [-0.39, 0.29) is 24.8 Å². The first-order chi connectivity index (χ1) is 13.4. The number of hydrogen-bond donors (Lipinski definition) is 3. The fourth-order valence-electron chi connectivity index (χ4n) is 7.25. The Bertz CT molecular complexity index is 839. The third-order valence-corrected chi connectivity index (χ3v) is 8.78. The summed E-state index contributed by atoms with van der Waals surface area (Å²) in [5, 5.41) is 31.9. The van der Waals surface area contributed by atoms with Gasteiger partial charge in [-0.1, -0.05) is 19.9 Å². The van der Waals surface area contributed by atoms with Crippen LogP contribution >= 0.6 is 0 Å². The summed E-state index contributed by atoms with van der Waals surface area (Å²) in [6, 6.07) is 0. The summed E-state index contributed by atoms with van der Waals surface area (Å²) >= 11 is 0. The number of aliphatic hydroxyl groups excluding tert-OH is 2. The minimum Gasteiger partial charge on any atom is -0.390 e. The van der Waals surface area contributed by atoms with E-state index in [1.807, 2.05) is 0 Å². The van der Waals surface area contributed by atoms with Crippen molar-refractivity contribution in [3.8, 4) is 0 Å².